The van der Waals surface area contributed by atoms with Crippen LogP contribution in [0, 0.1) is 40.9 Å². The Morgan fingerprint density at radius 1 is 1.31 bits per heavy atom. The Kier molecular flexibility index (Phi) is 5.18. The van der Waals surface area contributed by atoms with E-state index in [2.05, 4.69) is 52.8 Å². The van der Waals surface area contributed by atoms with Crippen molar-refractivity contribution >= 4 is 0 Å². The molecule has 158 valence electrons. The fourth-order valence-corrected chi connectivity index (χ4v) is 8.25. The van der Waals surface area contributed by atoms with E-state index in [1.54, 1.807) is 0 Å². The van der Waals surface area contributed by atoms with Crippen LogP contribution in [0.15, 0.2) is 36.0 Å². The second-order valence-corrected chi connectivity index (χ2v) is 10.7. The SMILES string of the molecule is C#CC12OC3CC4(C)C(CCC4(CCCC)C(=C)CC)C(CC/C1=C/C(=C)C)C32. The summed E-state index contributed by atoms with van der Waals surface area (Å²) in [4.78, 5) is 0. The second-order valence-electron chi connectivity index (χ2n) is 10.7. The molecule has 0 bridgehead atoms. The molecule has 3 aliphatic carbocycles. The average Bonchev–Trinajstić information content (AvgIpc) is 2.98. The topological polar surface area (TPSA) is 9.23 Å². The van der Waals surface area contributed by atoms with Gasteiger partial charge in [0.25, 0.3) is 0 Å². The Hall–Kier alpha value is -1.26. The van der Waals surface area contributed by atoms with Crippen LogP contribution in [0.2, 0.25) is 0 Å². The standard InChI is InChI=1S/C28H40O/c1-8-11-15-27(20(6)9-2)16-14-23-22-13-12-21(17-19(4)5)28(10-3)25(22)24(29-28)18-26(23,27)7/h3,17,22-25H,4,6,8-9,11-16,18H2,1-2,5,7H3/b21-17-. The van der Waals surface area contributed by atoms with Crippen molar-refractivity contribution in [2.75, 3.05) is 0 Å². The molecule has 4 fully saturated rings. The molecular weight excluding hydrogens is 352 g/mol. The van der Waals surface area contributed by atoms with Gasteiger partial charge in [-0.2, -0.15) is 0 Å². The first-order chi connectivity index (χ1) is 13.8. The maximum absolute atomic E-state index is 6.67. The zero-order valence-electron chi connectivity index (χ0n) is 19.2. The number of terminal acetylenes is 1. The summed E-state index contributed by atoms with van der Waals surface area (Å²) in [5.74, 6) is 5.08. The van der Waals surface area contributed by atoms with E-state index in [1.807, 2.05) is 0 Å². The van der Waals surface area contributed by atoms with Gasteiger partial charge in [0.05, 0.1) is 6.10 Å². The second kappa shape index (κ2) is 7.16. The van der Waals surface area contributed by atoms with Gasteiger partial charge in [-0.05, 0) is 80.1 Å². The molecule has 0 N–H and O–H groups in total. The van der Waals surface area contributed by atoms with Gasteiger partial charge < -0.3 is 4.74 Å². The molecule has 0 radical (unpaired) electrons. The van der Waals surface area contributed by atoms with Gasteiger partial charge in [0.15, 0.2) is 5.60 Å². The zero-order chi connectivity index (χ0) is 21.0. The van der Waals surface area contributed by atoms with Gasteiger partial charge in [0.2, 0.25) is 0 Å². The van der Waals surface area contributed by atoms with E-state index in [-0.39, 0.29) is 0 Å². The van der Waals surface area contributed by atoms with Crippen LogP contribution in [0.1, 0.15) is 85.5 Å². The predicted molar refractivity (Wildman–Crippen MR) is 122 cm³/mol. The van der Waals surface area contributed by atoms with Crippen molar-refractivity contribution in [3.8, 4) is 12.3 Å². The molecule has 0 aromatic carbocycles. The molecule has 1 heterocycles. The fraction of sp³-hybridized carbons (Fsp3) is 0.714. The molecule has 0 aromatic heterocycles. The molecule has 0 aromatic rings. The van der Waals surface area contributed by atoms with E-state index >= 15 is 0 Å². The van der Waals surface area contributed by atoms with Crippen LogP contribution >= 0.6 is 0 Å². The molecule has 4 rings (SSSR count). The lowest BCUT2D eigenvalue weighted by Crippen LogP contribution is -2.70. The van der Waals surface area contributed by atoms with Gasteiger partial charge in [0, 0.05) is 5.92 Å². The quantitative estimate of drug-likeness (QED) is 0.342. The predicted octanol–water partition coefficient (Wildman–Crippen LogP) is 7.25. The van der Waals surface area contributed by atoms with Gasteiger partial charge in [-0.25, -0.2) is 0 Å². The number of allylic oxidation sites excluding steroid dienone is 3. The van der Waals surface area contributed by atoms with Crippen molar-refractivity contribution in [1.82, 2.24) is 0 Å². The third-order valence-corrected chi connectivity index (χ3v) is 9.52. The number of fused-ring (bicyclic) bond motifs is 2. The maximum Gasteiger partial charge on any atom is 0.156 e. The molecule has 4 aliphatic rings. The molecule has 1 saturated heterocycles. The van der Waals surface area contributed by atoms with Crippen molar-refractivity contribution in [3.05, 3.63) is 36.0 Å². The Morgan fingerprint density at radius 2 is 2.07 bits per heavy atom. The Morgan fingerprint density at radius 3 is 2.69 bits per heavy atom. The van der Waals surface area contributed by atoms with Crippen molar-refractivity contribution < 1.29 is 4.74 Å². The van der Waals surface area contributed by atoms with Crippen LogP contribution in [0.5, 0.6) is 0 Å². The van der Waals surface area contributed by atoms with Gasteiger partial charge in [0.1, 0.15) is 0 Å². The van der Waals surface area contributed by atoms with E-state index in [0.29, 0.717) is 28.8 Å². The minimum absolute atomic E-state index is 0.291. The highest BCUT2D eigenvalue weighted by atomic mass is 16.5. The third-order valence-electron chi connectivity index (χ3n) is 9.52. The summed E-state index contributed by atoms with van der Waals surface area (Å²) in [5.41, 5.74) is 4.03. The monoisotopic (exact) mass is 392 g/mol. The first-order valence-corrected chi connectivity index (χ1v) is 12.0. The van der Waals surface area contributed by atoms with Crippen LogP contribution in [0.4, 0.5) is 0 Å². The molecule has 29 heavy (non-hydrogen) atoms. The number of unbranched alkanes of at least 4 members (excludes halogenated alkanes) is 1. The molecule has 1 aliphatic heterocycles. The Labute approximate surface area is 179 Å². The maximum atomic E-state index is 6.67. The van der Waals surface area contributed by atoms with Crippen LogP contribution in [0.25, 0.3) is 0 Å². The highest BCUT2D eigenvalue weighted by Gasteiger charge is 2.72. The fourth-order valence-electron chi connectivity index (χ4n) is 8.25. The van der Waals surface area contributed by atoms with Crippen LogP contribution in [-0.4, -0.2) is 11.7 Å². The van der Waals surface area contributed by atoms with Gasteiger partial charge in [-0.3, -0.25) is 0 Å². The lowest BCUT2D eigenvalue weighted by molar-refractivity contribution is -0.288. The highest BCUT2D eigenvalue weighted by molar-refractivity contribution is 5.43. The summed E-state index contributed by atoms with van der Waals surface area (Å²) in [5, 5.41) is 0. The minimum atomic E-state index is -0.454. The lowest BCUT2D eigenvalue weighted by atomic mass is 9.44. The molecule has 0 spiro atoms. The van der Waals surface area contributed by atoms with Crippen molar-refractivity contribution in [2.24, 2.45) is 28.6 Å². The van der Waals surface area contributed by atoms with Gasteiger partial charge >= 0.3 is 0 Å². The van der Waals surface area contributed by atoms with Crippen molar-refractivity contribution in [1.29, 1.82) is 0 Å². The molecular formula is C28H40O. The third kappa shape index (κ3) is 2.64. The normalized spacial score (nSPS) is 46.4. The van der Waals surface area contributed by atoms with E-state index < -0.39 is 5.60 Å². The first kappa shape index (κ1) is 21.0. The molecule has 1 heteroatoms. The summed E-state index contributed by atoms with van der Waals surface area (Å²) in [6, 6.07) is 0. The van der Waals surface area contributed by atoms with Gasteiger partial charge in [-0.15, -0.1) is 6.42 Å². The van der Waals surface area contributed by atoms with Crippen LogP contribution < -0.4 is 0 Å². The molecule has 3 saturated carbocycles. The van der Waals surface area contributed by atoms with Crippen molar-refractivity contribution in [3.63, 3.8) is 0 Å². The number of ether oxygens (including phenoxy) is 1. The van der Waals surface area contributed by atoms with E-state index in [1.165, 1.54) is 49.7 Å². The average molecular weight is 393 g/mol. The molecule has 0 amide bonds. The summed E-state index contributed by atoms with van der Waals surface area (Å²) in [6.45, 7) is 18.0. The van der Waals surface area contributed by atoms with Gasteiger partial charge in [-0.1, -0.05) is 69.9 Å². The van der Waals surface area contributed by atoms with Crippen LogP contribution in [0.3, 0.4) is 0 Å². The number of rotatable bonds is 6. The van der Waals surface area contributed by atoms with E-state index in [4.69, 9.17) is 11.2 Å². The minimum Gasteiger partial charge on any atom is -0.354 e. The van der Waals surface area contributed by atoms with E-state index in [9.17, 15) is 0 Å². The number of hydrogen-bond donors (Lipinski definition) is 0. The largest absolute Gasteiger partial charge is 0.354 e. The summed E-state index contributed by atoms with van der Waals surface area (Å²) >= 11 is 0. The first-order valence-electron chi connectivity index (χ1n) is 12.0. The summed E-state index contributed by atoms with van der Waals surface area (Å²) < 4.78 is 6.67. The summed E-state index contributed by atoms with van der Waals surface area (Å²) in [6.07, 6.45) is 19.8. The summed E-state index contributed by atoms with van der Waals surface area (Å²) in [7, 11) is 0. The smallest absolute Gasteiger partial charge is 0.156 e. The molecule has 7 atom stereocenters. The van der Waals surface area contributed by atoms with Crippen molar-refractivity contribution in [2.45, 2.75) is 97.2 Å². The Balaban J connectivity index is 1.72. The Bertz CT molecular complexity index is 781. The van der Waals surface area contributed by atoms with E-state index in [0.717, 1.165) is 30.8 Å². The molecule has 7 unspecified atom stereocenters. The number of hydrogen-bond acceptors (Lipinski definition) is 1. The highest BCUT2D eigenvalue weighted by Crippen LogP contribution is 2.74. The molecule has 1 nitrogen and oxygen atoms in total. The van der Waals surface area contributed by atoms with Crippen LogP contribution in [-0.2, 0) is 4.74 Å². The lowest BCUT2D eigenvalue weighted by Gasteiger charge is -2.67. The zero-order valence-corrected chi connectivity index (χ0v) is 19.2.